The van der Waals surface area contributed by atoms with Crippen molar-refractivity contribution in [2.45, 2.75) is 25.3 Å². The Bertz CT molecular complexity index is 786. The molecule has 0 spiro atoms. The molecule has 0 bridgehead atoms. The number of hydrogen-bond donors (Lipinski definition) is 1. The largest absolute Gasteiger partial charge is 0.573 e. The van der Waals surface area contributed by atoms with E-state index < -0.39 is 6.36 Å². The van der Waals surface area contributed by atoms with Crippen LogP contribution < -0.4 is 14.8 Å². The van der Waals surface area contributed by atoms with Crippen LogP contribution in [0.5, 0.6) is 11.5 Å². The third-order valence-electron chi connectivity index (χ3n) is 4.02. The van der Waals surface area contributed by atoms with Crippen molar-refractivity contribution in [3.63, 3.8) is 0 Å². The maximum atomic E-state index is 12.3. The quantitative estimate of drug-likeness (QED) is 0.877. The fraction of sp³-hybridized carbons (Fsp3) is 0.412. The highest BCUT2D eigenvalue weighted by molar-refractivity contribution is 5.88. The Hall–Kier alpha value is -2.91. The second-order valence-electron chi connectivity index (χ2n) is 6.13. The Kier molecular flexibility index (Phi) is 5.43. The SMILES string of the molecule is Cn1ccc(NC(=O)N2CCC(Oc3cccc(OC(F)(F)F)c3)CC2)n1. The average Bonchev–Trinajstić information content (AvgIpc) is 2.99. The van der Waals surface area contributed by atoms with Crippen LogP contribution in [0.25, 0.3) is 0 Å². The summed E-state index contributed by atoms with van der Waals surface area (Å²) in [6, 6.07) is 6.88. The third kappa shape index (κ3) is 5.53. The highest BCUT2D eigenvalue weighted by Crippen LogP contribution is 2.27. The predicted octanol–water partition coefficient (Wildman–Crippen LogP) is 3.39. The van der Waals surface area contributed by atoms with Gasteiger partial charge in [-0.2, -0.15) is 5.10 Å². The summed E-state index contributed by atoms with van der Waals surface area (Å²) >= 11 is 0. The Labute approximate surface area is 153 Å². The molecule has 2 heterocycles. The van der Waals surface area contributed by atoms with Gasteiger partial charge in [-0.05, 0) is 12.1 Å². The molecule has 7 nitrogen and oxygen atoms in total. The first kappa shape index (κ1) is 18.9. The van der Waals surface area contributed by atoms with Gasteiger partial charge in [0.05, 0.1) is 0 Å². The number of likely N-dealkylation sites (tertiary alicyclic amines) is 1. The van der Waals surface area contributed by atoms with E-state index in [1.165, 1.54) is 18.2 Å². The van der Waals surface area contributed by atoms with Crippen molar-refractivity contribution in [3.05, 3.63) is 36.5 Å². The van der Waals surface area contributed by atoms with Crippen LogP contribution >= 0.6 is 0 Å². The number of carbonyl (C=O) groups excluding carboxylic acids is 1. The van der Waals surface area contributed by atoms with Crippen molar-refractivity contribution in [3.8, 4) is 11.5 Å². The fourth-order valence-corrected chi connectivity index (χ4v) is 2.78. The number of piperidine rings is 1. The van der Waals surface area contributed by atoms with Gasteiger partial charge in [0.25, 0.3) is 0 Å². The van der Waals surface area contributed by atoms with Crippen LogP contribution in [0.1, 0.15) is 12.8 Å². The molecule has 10 heteroatoms. The van der Waals surface area contributed by atoms with Gasteiger partial charge >= 0.3 is 12.4 Å². The molecular weight excluding hydrogens is 365 g/mol. The second-order valence-corrected chi connectivity index (χ2v) is 6.13. The topological polar surface area (TPSA) is 68.6 Å². The zero-order chi connectivity index (χ0) is 19.4. The molecule has 2 amide bonds. The second kappa shape index (κ2) is 7.77. The van der Waals surface area contributed by atoms with E-state index in [1.54, 1.807) is 35.0 Å². The molecule has 27 heavy (non-hydrogen) atoms. The zero-order valence-electron chi connectivity index (χ0n) is 14.6. The lowest BCUT2D eigenvalue weighted by atomic mass is 10.1. The number of aromatic nitrogens is 2. The maximum absolute atomic E-state index is 12.3. The molecule has 1 aliphatic heterocycles. The van der Waals surface area contributed by atoms with Crippen molar-refractivity contribution in [1.29, 1.82) is 0 Å². The zero-order valence-corrected chi connectivity index (χ0v) is 14.6. The number of aryl methyl sites for hydroxylation is 1. The molecule has 1 saturated heterocycles. The van der Waals surface area contributed by atoms with E-state index in [1.807, 2.05) is 0 Å². The number of hydrogen-bond acceptors (Lipinski definition) is 4. The minimum absolute atomic E-state index is 0.190. The number of nitrogens with one attached hydrogen (secondary N) is 1. The van der Waals surface area contributed by atoms with E-state index in [9.17, 15) is 18.0 Å². The van der Waals surface area contributed by atoms with Gasteiger partial charge in [0.15, 0.2) is 5.82 Å². The van der Waals surface area contributed by atoms with E-state index in [0.717, 1.165) is 0 Å². The van der Waals surface area contributed by atoms with E-state index in [4.69, 9.17) is 4.74 Å². The average molecular weight is 384 g/mol. The fourth-order valence-electron chi connectivity index (χ4n) is 2.78. The number of rotatable bonds is 4. The maximum Gasteiger partial charge on any atom is 0.573 e. The molecule has 1 aliphatic rings. The number of alkyl halides is 3. The van der Waals surface area contributed by atoms with Crippen LogP contribution in [0.15, 0.2) is 36.5 Å². The van der Waals surface area contributed by atoms with Crippen LogP contribution in [-0.4, -0.2) is 46.3 Å². The standard InChI is InChI=1S/C17H19F3N4O3/c1-23-8-7-15(22-23)21-16(25)24-9-5-12(6-10-24)26-13-3-2-4-14(11-13)27-17(18,19)20/h2-4,7-8,11-12H,5-6,9-10H2,1H3,(H,21,22,25). The lowest BCUT2D eigenvalue weighted by molar-refractivity contribution is -0.274. The monoisotopic (exact) mass is 384 g/mol. The molecule has 1 N–H and O–H groups in total. The molecule has 0 atom stereocenters. The number of anilines is 1. The molecular formula is C17H19F3N4O3. The predicted molar refractivity (Wildman–Crippen MR) is 90.6 cm³/mol. The van der Waals surface area contributed by atoms with Gasteiger partial charge in [0.2, 0.25) is 0 Å². The highest BCUT2D eigenvalue weighted by Gasteiger charge is 2.31. The number of nitrogens with zero attached hydrogens (tertiary/aromatic N) is 3. The summed E-state index contributed by atoms with van der Waals surface area (Å²) in [5, 5.41) is 6.81. The summed E-state index contributed by atoms with van der Waals surface area (Å²) in [5.74, 6) is 0.447. The van der Waals surface area contributed by atoms with Gasteiger partial charge in [0.1, 0.15) is 17.6 Å². The van der Waals surface area contributed by atoms with Crippen molar-refractivity contribution < 1.29 is 27.4 Å². The van der Waals surface area contributed by atoms with Crippen LogP contribution in [0.4, 0.5) is 23.8 Å². The molecule has 0 unspecified atom stereocenters. The molecule has 1 aromatic carbocycles. The number of halogens is 3. The normalized spacial score (nSPS) is 15.5. The summed E-state index contributed by atoms with van der Waals surface area (Å²) in [5.41, 5.74) is 0. The number of ether oxygens (including phenoxy) is 2. The van der Waals surface area contributed by atoms with Crippen molar-refractivity contribution in [2.24, 2.45) is 7.05 Å². The van der Waals surface area contributed by atoms with Crippen molar-refractivity contribution >= 4 is 11.8 Å². The number of benzene rings is 1. The minimum Gasteiger partial charge on any atom is -0.490 e. The molecule has 146 valence electrons. The molecule has 1 fully saturated rings. The van der Waals surface area contributed by atoms with Gasteiger partial charge in [-0.1, -0.05) is 6.07 Å². The van der Waals surface area contributed by atoms with Gasteiger partial charge in [-0.15, -0.1) is 13.2 Å². The Morgan fingerprint density at radius 1 is 1.22 bits per heavy atom. The van der Waals surface area contributed by atoms with E-state index in [0.29, 0.717) is 37.5 Å². The lowest BCUT2D eigenvalue weighted by Crippen LogP contribution is -2.43. The summed E-state index contributed by atoms with van der Waals surface area (Å²) in [6.45, 7) is 0.949. The first-order chi connectivity index (χ1) is 12.8. The minimum atomic E-state index is -4.75. The molecule has 0 aliphatic carbocycles. The van der Waals surface area contributed by atoms with E-state index in [2.05, 4.69) is 15.2 Å². The van der Waals surface area contributed by atoms with Crippen molar-refractivity contribution in [2.75, 3.05) is 18.4 Å². The highest BCUT2D eigenvalue weighted by atomic mass is 19.4. The lowest BCUT2D eigenvalue weighted by Gasteiger charge is -2.32. The number of amides is 2. The number of urea groups is 1. The third-order valence-corrected chi connectivity index (χ3v) is 4.02. The number of carbonyl (C=O) groups is 1. The molecule has 2 aromatic rings. The van der Waals surface area contributed by atoms with Crippen LogP contribution in [0.3, 0.4) is 0 Å². The van der Waals surface area contributed by atoms with Gasteiger partial charge in [-0.25, -0.2) is 4.79 Å². The summed E-state index contributed by atoms with van der Waals surface area (Å²) in [7, 11) is 1.76. The molecule has 3 rings (SSSR count). The summed E-state index contributed by atoms with van der Waals surface area (Å²) in [4.78, 5) is 13.9. The Morgan fingerprint density at radius 3 is 2.56 bits per heavy atom. The smallest absolute Gasteiger partial charge is 0.490 e. The molecule has 0 radical (unpaired) electrons. The Balaban J connectivity index is 1.49. The van der Waals surface area contributed by atoms with Gasteiger partial charge in [-0.3, -0.25) is 10.00 Å². The molecule has 1 aromatic heterocycles. The van der Waals surface area contributed by atoms with Gasteiger partial charge in [0, 0.05) is 51.3 Å². The van der Waals surface area contributed by atoms with E-state index in [-0.39, 0.29) is 17.9 Å². The van der Waals surface area contributed by atoms with Crippen LogP contribution in [-0.2, 0) is 7.05 Å². The summed E-state index contributed by atoms with van der Waals surface area (Å²) < 4.78 is 48.1. The first-order valence-electron chi connectivity index (χ1n) is 8.36. The molecule has 0 saturated carbocycles. The first-order valence-corrected chi connectivity index (χ1v) is 8.36. The van der Waals surface area contributed by atoms with Crippen LogP contribution in [0, 0.1) is 0 Å². The van der Waals surface area contributed by atoms with E-state index >= 15 is 0 Å². The summed E-state index contributed by atoms with van der Waals surface area (Å²) in [6.07, 6.45) is -2.07. The van der Waals surface area contributed by atoms with Crippen molar-refractivity contribution in [1.82, 2.24) is 14.7 Å². The van der Waals surface area contributed by atoms with Crippen LogP contribution in [0.2, 0.25) is 0 Å². The Morgan fingerprint density at radius 2 is 1.93 bits per heavy atom. The van der Waals surface area contributed by atoms with Gasteiger partial charge < -0.3 is 14.4 Å².